The molecule has 4 nitrogen and oxygen atoms in total. The normalized spacial score (nSPS) is 20.3. The molecule has 1 amide bonds. The number of carbonyl (C=O) groups excluding carboxylic acids is 1. The first-order valence-corrected chi connectivity index (χ1v) is 11.0. The molecule has 1 N–H and O–H groups in total. The predicted octanol–water partition coefficient (Wildman–Crippen LogP) is 3.04. The van der Waals surface area contributed by atoms with Gasteiger partial charge in [-0.25, -0.2) is 0 Å². The van der Waals surface area contributed by atoms with E-state index in [0.29, 0.717) is 6.42 Å². The van der Waals surface area contributed by atoms with Gasteiger partial charge in [-0.3, -0.25) is 9.69 Å². The number of piperazine rings is 1. The molecule has 0 spiro atoms. The van der Waals surface area contributed by atoms with Crippen molar-refractivity contribution in [3.8, 4) is 0 Å². The average Bonchev–Trinajstić information content (AvgIpc) is 2.66. The fourth-order valence-corrected chi connectivity index (χ4v) is 4.91. The van der Waals surface area contributed by atoms with E-state index in [1.54, 1.807) is 0 Å². The summed E-state index contributed by atoms with van der Waals surface area (Å²) in [4.78, 5) is 17.5. The number of carbonyl (C=O) groups is 1. The van der Waals surface area contributed by atoms with Crippen LogP contribution in [-0.4, -0.2) is 70.1 Å². The van der Waals surface area contributed by atoms with Crippen molar-refractivity contribution in [1.29, 1.82) is 0 Å². The van der Waals surface area contributed by atoms with Gasteiger partial charge in [0, 0.05) is 37.8 Å². The third-order valence-corrected chi connectivity index (χ3v) is 6.56. The molecular weight excluding hydrogens is 344 g/mol. The maximum absolute atomic E-state index is 12.9. The van der Waals surface area contributed by atoms with Gasteiger partial charge in [0.1, 0.15) is 0 Å². The van der Waals surface area contributed by atoms with E-state index < -0.39 is 5.60 Å². The van der Waals surface area contributed by atoms with Gasteiger partial charge in [0.25, 0.3) is 5.91 Å². The fraction of sp³-hybridized carbons (Fsp3) is 0.667. The van der Waals surface area contributed by atoms with Crippen molar-refractivity contribution in [2.75, 3.05) is 37.7 Å². The van der Waals surface area contributed by atoms with Crippen LogP contribution in [0.15, 0.2) is 24.3 Å². The fourth-order valence-electron chi connectivity index (χ4n) is 3.83. The first kappa shape index (κ1) is 19.7. The summed E-state index contributed by atoms with van der Waals surface area (Å²) in [6, 6.07) is 8.64. The number of nitrogens with zero attached hydrogens (tertiary/aromatic N) is 2. The Hall–Kier alpha value is -1.04. The topological polar surface area (TPSA) is 43.8 Å². The van der Waals surface area contributed by atoms with Crippen molar-refractivity contribution in [2.45, 2.75) is 51.2 Å². The van der Waals surface area contributed by atoms with Crippen molar-refractivity contribution in [1.82, 2.24) is 9.80 Å². The number of aryl methyl sites for hydroxylation is 1. The molecule has 0 saturated carbocycles. The Morgan fingerprint density at radius 3 is 2.54 bits per heavy atom. The van der Waals surface area contributed by atoms with Gasteiger partial charge in [-0.05, 0) is 68.7 Å². The van der Waals surface area contributed by atoms with Crippen LogP contribution in [0.5, 0.6) is 0 Å². The van der Waals surface area contributed by atoms with Gasteiger partial charge < -0.3 is 10.0 Å². The lowest BCUT2D eigenvalue weighted by atomic mass is 9.97. The molecule has 0 radical (unpaired) electrons. The van der Waals surface area contributed by atoms with Gasteiger partial charge in [-0.1, -0.05) is 12.1 Å². The minimum atomic E-state index is -0.673. The molecule has 26 heavy (non-hydrogen) atoms. The molecular formula is C21H32N2O2S. The maximum atomic E-state index is 12.9. The smallest absolute Gasteiger partial charge is 0.253 e. The molecule has 3 rings (SSSR count). The minimum absolute atomic E-state index is 0.147. The van der Waals surface area contributed by atoms with E-state index in [2.05, 4.69) is 16.7 Å². The Morgan fingerprint density at radius 1 is 1.19 bits per heavy atom. The van der Waals surface area contributed by atoms with E-state index in [1.165, 1.54) is 24.3 Å². The Labute approximate surface area is 161 Å². The van der Waals surface area contributed by atoms with Crippen molar-refractivity contribution in [2.24, 2.45) is 0 Å². The molecule has 144 valence electrons. The molecule has 1 aromatic rings. The van der Waals surface area contributed by atoms with Crippen LogP contribution in [-0.2, 0) is 6.42 Å². The number of hydrogen-bond donors (Lipinski definition) is 1. The molecule has 0 bridgehead atoms. The zero-order valence-corrected chi connectivity index (χ0v) is 16.9. The van der Waals surface area contributed by atoms with Crippen LogP contribution in [0, 0.1) is 0 Å². The second kappa shape index (κ2) is 8.77. The zero-order valence-electron chi connectivity index (χ0n) is 16.1. The minimum Gasteiger partial charge on any atom is -0.390 e. The van der Waals surface area contributed by atoms with E-state index in [4.69, 9.17) is 0 Å². The predicted molar refractivity (Wildman–Crippen MR) is 109 cm³/mol. The third kappa shape index (κ3) is 5.48. The number of benzene rings is 1. The van der Waals surface area contributed by atoms with Crippen LogP contribution in [0.25, 0.3) is 0 Å². The Kier molecular flexibility index (Phi) is 6.65. The highest BCUT2D eigenvalue weighted by Crippen LogP contribution is 2.23. The van der Waals surface area contributed by atoms with Gasteiger partial charge in [0.05, 0.1) is 5.60 Å². The van der Waals surface area contributed by atoms with Crippen molar-refractivity contribution < 1.29 is 9.90 Å². The number of rotatable bonds is 5. The lowest BCUT2D eigenvalue weighted by Crippen LogP contribution is -2.52. The standard InChI is InChI=1S/C21H32N2O2S/c1-21(2,25)9-6-17-4-3-5-18(16-17)20(24)23-12-10-22(11-13-23)19-7-14-26-15-8-19/h3-5,16,19,25H,6-15H2,1-2H3. The molecule has 2 fully saturated rings. The largest absolute Gasteiger partial charge is 0.390 e. The van der Waals surface area contributed by atoms with Gasteiger partial charge in [0.2, 0.25) is 0 Å². The molecule has 0 unspecified atom stereocenters. The lowest BCUT2D eigenvalue weighted by Gasteiger charge is -2.40. The van der Waals surface area contributed by atoms with Crippen LogP contribution >= 0.6 is 11.8 Å². The number of hydrogen-bond acceptors (Lipinski definition) is 4. The van der Waals surface area contributed by atoms with E-state index in [-0.39, 0.29) is 5.91 Å². The molecule has 1 aromatic carbocycles. The van der Waals surface area contributed by atoms with E-state index in [9.17, 15) is 9.90 Å². The summed E-state index contributed by atoms with van der Waals surface area (Å²) in [5, 5.41) is 9.91. The van der Waals surface area contributed by atoms with E-state index >= 15 is 0 Å². The average molecular weight is 377 g/mol. The quantitative estimate of drug-likeness (QED) is 0.858. The monoisotopic (exact) mass is 376 g/mol. The molecule has 0 aromatic heterocycles. The Bertz CT molecular complexity index is 600. The molecule has 5 heteroatoms. The SMILES string of the molecule is CC(C)(O)CCc1cccc(C(=O)N2CCN(C3CCSCC3)CC2)c1. The van der Waals surface area contributed by atoms with E-state index in [0.717, 1.165) is 49.8 Å². The van der Waals surface area contributed by atoms with Crippen LogP contribution in [0.4, 0.5) is 0 Å². The second-order valence-electron chi connectivity index (χ2n) is 8.18. The molecule has 2 aliphatic rings. The van der Waals surface area contributed by atoms with Crippen molar-refractivity contribution in [3.05, 3.63) is 35.4 Å². The van der Waals surface area contributed by atoms with Gasteiger partial charge in [-0.2, -0.15) is 11.8 Å². The van der Waals surface area contributed by atoms with Crippen LogP contribution in [0.3, 0.4) is 0 Å². The number of thioether (sulfide) groups is 1. The second-order valence-corrected chi connectivity index (χ2v) is 9.41. The summed E-state index contributed by atoms with van der Waals surface area (Å²) in [6.45, 7) is 7.31. The van der Waals surface area contributed by atoms with E-state index in [1.807, 2.05) is 43.0 Å². The highest BCUT2D eigenvalue weighted by atomic mass is 32.2. The number of amides is 1. The summed E-state index contributed by atoms with van der Waals surface area (Å²) in [7, 11) is 0. The molecule has 2 saturated heterocycles. The van der Waals surface area contributed by atoms with Gasteiger partial charge in [0.15, 0.2) is 0 Å². The van der Waals surface area contributed by atoms with Crippen LogP contribution < -0.4 is 0 Å². The number of aliphatic hydroxyl groups is 1. The molecule has 2 aliphatic heterocycles. The molecule has 0 aliphatic carbocycles. The third-order valence-electron chi connectivity index (χ3n) is 5.51. The highest BCUT2D eigenvalue weighted by molar-refractivity contribution is 7.99. The van der Waals surface area contributed by atoms with Crippen LogP contribution in [0.2, 0.25) is 0 Å². The Balaban J connectivity index is 1.54. The molecule has 0 atom stereocenters. The van der Waals surface area contributed by atoms with Crippen LogP contribution in [0.1, 0.15) is 49.0 Å². The maximum Gasteiger partial charge on any atom is 0.253 e. The summed E-state index contributed by atoms with van der Waals surface area (Å²) in [6.07, 6.45) is 4.07. The highest BCUT2D eigenvalue weighted by Gasteiger charge is 2.27. The Morgan fingerprint density at radius 2 is 1.88 bits per heavy atom. The zero-order chi connectivity index (χ0) is 18.6. The molecule has 2 heterocycles. The van der Waals surface area contributed by atoms with Crippen molar-refractivity contribution >= 4 is 17.7 Å². The van der Waals surface area contributed by atoms with Gasteiger partial charge in [-0.15, -0.1) is 0 Å². The first-order chi connectivity index (χ1) is 12.4. The summed E-state index contributed by atoms with van der Waals surface area (Å²) in [5.41, 5.74) is 1.23. The summed E-state index contributed by atoms with van der Waals surface area (Å²) in [5.74, 6) is 2.71. The lowest BCUT2D eigenvalue weighted by molar-refractivity contribution is 0.0559. The van der Waals surface area contributed by atoms with Crippen molar-refractivity contribution in [3.63, 3.8) is 0 Å². The summed E-state index contributed by atoms with van der Waals surface area (Å²) < 4.78 is 0. The summed E-state index contributed by atoms with van der Waals surface area (Å²) >= 11 is 2.07. The first-order valence-electron chi connectivity index (χ1n) is 9.85. The van der Waals surface area contributed by atoms with Gasteiger partial charge >= 0.3 is 0 Å².